The second-order valence-electron chi connectivity index (χ2n) is 7.61. The lowest BCUT2D eigenvalue weighted by molar-refractivity contribution is -0.125. The van der Waals surface area contributed by atoms with Crippen LogP contribution in [0.5, 0.6) is 0 Å². The average molecular weight is 393 g/mol. The highest BCUT2D eigenvalue weighted by Gasteiger charge is 2.28. The van der Waals surface area contributed by atoms with Gasteiger partial charge in [-0.05, 0) is 50.0 Å². The summed E-state index contributed by atoms with van der Waals surface area (Å²) in [7, 11) is 0. The zero-order valence-electron chi connectivity index (χ0n) is 16.1. The number of aryl methyl sites for hydroxylation is 1. The van der Waals surface area contributed by atoms with Gasteiger partial charge >= 0.3 is 5.97 Å². The summed E-state index contributed by atoms with van der Waals surface area (Å²) in [6.07, 6.45) is 8.25. The molecular formula is C20H28N2O4S. The number of amides is 2. The fourth-order valence-corrected chi connectivity index (χ4v) is 5.34. The fraction of sp³-hybridized carbons (Fsp3) is 0.650. The Morgan fingerprint density at radius 2 is 1.85 bits per heavy atom. The molecule has 2 aliphatic carbocycles. The monoisotopic (exact) mass is 392 g/mol. The minimum atomic E-state index is -0.523. The zero-order chi connectivity index (χ0) is 19.4. The standard InChI is InChI=1S/C20H28N2O4S/c1-12-7-3-5-9-15(12)22-17(24)11-26-20(25)18-14-8-4-6-10-16(14)27-19(18)21-13(2)23/h12,15H,3-11H2,1-2H3,(H,21,23)(H,22,24). The molecule has 2 amide bonds. The molecule has 0 spiro atoms. The quantitative estimate of drug-likeness (QED) is 0.752. The van der Waals surface area contributed by atoms with Crippen molar-refractivity contribution in [1.82, 2.24) is 5.32 Å². The lowest BCUT2D eigenvalue weighted by atomic mass is 9.86. The summed E-state index contributed by atoms with van der Waals surface area (Å²) < 4.78 is 5.32. The number of anilines is 1. The van der Waals surface area contributed by atoms with E-state index in [0.29, 0.717) is 16.5 Å². The number of fused-ring (bicyclic) bond motifs is 1. The molecule has 27 heavy (non-hydrogen) atoms. The zero-order valence-corrected chi connectivity index (χ0v) is 16.9. The van der Waals surface area contributed by atoms with Crippen LogP contribution in [0.2, 0.25) is 0 Å². The van der Waals surface area contributed by atoms with Crippen molar-refractivity contribution in [3.05, 3.63) is 16.0 Å². The van der Waals surface area contributed by atoms with Crippen molar-refractivity contribution in [2.45, 2.75) is 71.3 Å². The van der Waals surface area contributed by atoms with Crippen molar-refractivity contribution in [3.8, 4) is 0 Å². The molecule has 0 aliphatic heterocycles. The van der Waals surface area contributed by atoms with Crippen LogP contribution >= 0.6 is 11.3 Å². The highest BCUT2D eigenvalue weighted by Crippen LogP contribution is 2.38. The molecule has 2 unspecified atom stereocenters. The van der Waals surface area contributed by atoms with E-state index in [1.807, 2.05) is 0 Å². The molecule has 0 bridgehead atoms. The molecule has 2 N–H and O–H groups in total. The number of thiophene rings is 1. The van der Waals surface area contributed by atoms with Gasteiger partial charge in [-0.1, -0.05) is 19.8 Å². The van der Waals surface area contributed by atoms with Gasteiger partial charge in [-0.15, -0.1) is 11.3 Å². The van der Waals surface area contributed by atoms with Crippen LogP contribution in [-0.2, 0) is 27.2 Å². The van der Waals surface area contributed by atoms with Crippen molar-refractivity contribution >= 4 is 34.1 Å². The van der Waals surface area contributed by atoms with E-state index in [4.69, 9.17) is 4.74 Å². The number of hydrogen-bond acceptors (Lipinski definition) is 5. The summed E-state index contributed by atoms with van der Waals surface area (Å²) in [6.45, 7) is 3.28. The lowest BCUT2D eigenvalue weighted by Gasteiger charge is -2.29. The maximum atomic E-state index is 12.7. The van der Waals surface area contributed by atoms with Gasteiger partial charge in [0.05, 0.1) is 5.56 Å². The van der Waals surface area contributed by atoms with Gasteiger partial charge in [-0.2, -0.15) is 0 Å². The summed E-state index contributed by atoms with van der Waals surface area (Å²) in [6, 6.07) is 0.161. The largest absolute Gasteiger partial charge is 0.452 e. The van der Waals surface area contributed by atoms with Crippen LogP contribution < -0.4 is 10.6 Å². The molecule has 1 fully saturated rings. The average Bonchev–Trinajstić information content (AvgIpc) is 2.98. The Bertz CT molecular complexity index is 728. The third-order valence-electron chi connectivity index (χ3n) is 5.46. The van der Waals surface area contributed by atoms with Crippen molar-refractivity contribution < 1.29 is 19.1 Å². The maximum Gasteiger partial charge on any atom is 0.341 e. The molecule has 1 saturated carbocycles. The lowest BCUT2D eigenvalue weighted by Crippen LogP contribution is -2.42. The first-order valence-corrected chi connectivity index (χ1v) is 10.7. The fourth-order valence-electron chi connectivity index (χ4n) is 4.01. The van der Waals surface area contributed by atoms with Crippen LogP contribution in [0.15, 0.2) is 0 Å². The van der Waals surface area contributed by atoms with E-state index in [1.54, 1.807) is 0 Å². The maximum absolute atomic E-state index is 12.7. The Hall–Kier alpha value is -1.89. The van der Waals surface area contributed by atoms with Crippen LogP contribution in [0.25, 0.3) is 0 Å². The number of hydrogen-bond donors (Lipinski definition) is 2. The molecule has 7 heteroatoms. The van der Waals surface area contributed by atoms with Gasteiger partial charge in [0, 0.05) is 17.8 Å². The van der Waals surface area contributed by atoms with Crippen molar-refractivity contribution in [2.24, 2.45) is 5.92 Å². The van der Waals surface area contributed by atoms with Gasteiger partial charge in [0.1, 0.15) is 5.00 Å². The number of ether oxygens (including phenoxy) is 1. The molecular weight excluding hydrogens is 364 g/mol. The topological polar surface area (TPSA) is 84.5 Å². The van der Waals surface area contributed by atoms with Crippen LogP contribution in [0.3, 0.4) is 0 Å². The molecule has 0 aromatic carbocycles. The van der Waals surface area contributed by atoms with Crippen LogP contribution in [-0.4, -0.2) is 30.4 Å². The molecule has 3 rings (SSSR count). The first-order chi connectivity index (χ1) is 13.0. The van der Waals surface area contributed by atoms with E-state index in [2.05, 4.69) is 17.6 Å². The predicted molar refractivity (Wildman–Crippen MR) is 105 cm³/mol. The van der Waals surface area contributed by atoms with Gasteiger partial charge in [0.2, 0.25) is 5.91 Å². The van der Waals surface area contributed by atoms with Gasteiger partial charge in [0.15, 0.2) is 6.61 Å². The molecule has 148 valence electrons. The third-order valence-corrected chi connectivity index (χ3v) is 6.66. The summed E-state index contributed by atoms with van der Waals surface area (Å²) >= 11 is 1.45. The number of esters is 1. The second kappa shape index (κ2) is 8.87. The molecule has 2 aliphatic rings. The van der Waals surface area contributed by atoms with Crippen molar-refractivity contribution in [2.75, 3.05) is 11.9 Å². The van der Waals surface area contributed by atoms with E-state index in [-0.39, 0.29) is 24.5 Å². The van der Waals surface area contributed by atoms with E-state index in [1.165, 1.54) is 24.7 Å². The summed E-state index contributed by atoms with van der Waals surface area (Å²) in [5.41, 5.74) is 1.41. The minimum Gasteiger partial charge on any atom is -0.452 e. The molecule has 1 aromatic rings. The van der Waals surface area contributed by atoms with Crippen molar-refractivity contribution in [1.29, 1.82) is 0 Å². The number of nitrogens with one attached hydrogen (secondary N) is 2. The molecule has 2 atom stereocenters. The van der Waals surface area contributed by atoms with E-state index >= 15 is 0 Å². The Labute approximate surface area is 164 Å². The summed E-state index contributed by atoms with van der Waals surface area (Å²) in [5, 5.41) is 6.29. The smallest absolute Gasteiger partial charge is 0.341 e. The van der Waals surface area contributed by atoms with E-state index in [0.717, 1.165) is 55.4 Å². The number of carbonyl (C=O) groups is 3. The molecule has 0 saturated heterocycles. The molecule has 6 nitrogen and oxygen atoms in total. The van der Waals surface area contributed by atoms with Gasteiger partial charge in [-0.25, -0.2) is 4.79 Å². The van der Waals surface area contributed by atoms with Gasteiger partial charge in [-0.3, -0.25) is 9.59 Å². The Balaban J connectivity index is 1.64. The normalized spacial score (nSPS) is 21.9. The highest BCUT2D eigenvalue weighted by atomic mass is 32.1. The second-order valence-corrected chi connectivity index (χ2v) is 8.71. The number of rotatable bonds is 5. The Kier molecular flexibility index (Phi) is 6.52. The van der Waals surface area contributed by atoms with Crippen LogP contribution in [0, 0.1) is 5.92 Å². The minimum absolute atomic E-state index is 0.161. The Morgan fingerprint density at radius 3 is 2.59 bits per heavy atom. The highest BCUT2D eigenvalue weighted by molar-refractivity contribution is 7.17. The van der Waals surface area contributed by atoms with E-state index in [9.17, 15) is 14.4 Å². The SMILES string of the molecule is CC(=O)Nc1sc2c(c1C(=O)OCC(=O)NC1CCCCC1C)CCCC2. The molecule has 1 aromatic heterocycles. The first-order valence-electron chi connectivity index (χ1n) is 9.84. The number of carbonyl (C=O) groups excluding carboxylic acids is 3. The van der Waals surface area contributed by atoms with Gasteiger partial charge in [0.25, 0.3) is 5.91 Å². The predicted octanol–water partition coefficient (Wildman–Crippen LogP) is 3.44. The van der Waals surface area contributed by atoms with Crippen molar-refractivity contribution in [3.63, 3.8) is 0 Å². The molecule has 0 radical (unpaired) electrons. The Morgan fingerprint density at radius 1 is 1.11 bits per heavy atom. The first kappa shape index (κ1) is 19.9. The molecule has 1 heterocycles. The van der Waals surface area contributed by atoms with Crippen LogP contribution in [0.1, 0.15) is 73.2 Å². The van der Waals surface area contributed by atoms with E-state index < -0.39 is 5.97 Å². The van der Waals surface area contributed by atoms with Gasteiger partial charge < -0.3 is 15.4 Å². The van der Waals surface area contributed by atoms with Crippen LogP contribution in [0.4, 0.5) is 5.00 Å². The summed E-state index contributed by atoms with van der Waals surface area (Å²) in [4.78, 5) is 37.6. The third kappa shape index (κ3) is 4.89. The summed E-state index contributed by atoms with van der Waals surface area (Å²) in [5.74, 6) is -0.544.